The Morgan fingerprint density at radius 3 is 2.45 bits per heavy atom. The molecule has 1 heterocycles. The molecule has 100 valence electrons. The Morgan fingerprint density at radius 2 is 1.95 bits per heavy atom. The normalized spacial score (nSPS) is 9.85. The van der Waals surface area contributed by atoms with Gasteiger partial charge in [0.1, 0.15) is 11.8 Å². The standard InChI is InChI=1S/C16H15N3O/c1-3-12-4-7-14(8-5-12)19(2)16(20)15-9-6-13(10-17)11-18-15/h4-9,11H,3H2,1-2H3. The first kappa shape index (κ1) is 13.8. The molecule has 0 saturated carbocycles. The molecule has 2 rings (SSSR count). The predicted molar refractivity (Wildman–Crippen MR) is 77.5 cm³/mol. The van der Waals surface area contributed by atoms with Crippen molar-refractivity contribution in [3.05, 3.63) is 59.4 Å². The van der Waals surface area contributed by atoms with Crippen molar-refractivity contribution in [1.29, 1.82) is 5.26 Å². The van der Waals surface area contributed by atoms with Gasteiger partial charge in [0, 0.05) is 18.9 Å². The van der Waals surface area contributed by atoms with Gasteiger partial charge in [-0.1, -0.05) is 19.1 Å². The van der Waals surface area contributed by atoms with E-state index >= 15 is 0 Å². The minimum Gasteiger partial charge on any atom is -0.310 e. The molecular formula is C16H15N3O. The van der Waals surface area contributed by atoms with Gasteiger partial charge in [0.15, 0.2) is 0 Å². The van der Waals surface area contributed by atoms with Crippen molar-refractivity contribution in [2.75, 3.05) is 11.9 Å². The number of carbonyl (C=O) groups excluding carboxylic acids is 1. The molecule has 4 heteroatoms. The largest absolute Gasteiger partial charge is 0.310 e. The van der Waals surface area contributed by atoms with E-state index in [-0.39, 0.29) is 5.91 Å². The van der Waals surface area contributed by atoms with E-state index in [9.17, 15) is 4.79 Å². The van der Waals surface area contributed by atoms with Crippen LogP contribution in [0.25, 0.3) is 0 Å². The van der Waals surface area contributed by atoms with Gasteiger partial charge in [0.2, 0.25) is 0 Å². The average molecular weight is 265 g/mol. The first-order chi connectivity index (χ1) is 9.65. The number of hydrogen-bond acceptors (Lipinski definition) is 3. The molecule has 0 atom stereocenters. The maximum atomic E-state index is 12.3. The lowest BCUT2D eigenvalue weighted by Gasteiger charge is -2.17. The Labute approximate surface area is 118 Å². The Morgan fingerprint density at radius 1 is 1.25 bits per heavy atom. The van der Waals surface area contributed by atoms with Crippen LogP contribution in [0.3, 0.4) is 0 Å². The second-order valence-electron chi connectivity index (χ2n) is 4.43. The number of nitrogens with zero attached hydrogens (tertiary/aromatic N) is 3. The molecule has 0 spiro atoms. The van der Waals surface area contributed by atoms with Gasteiger partial charge in [0.05, 0.1) is 5.56 Å². The van der Waals surface area contributed by atoms with Crippen LogP contribution in [0.15, 0.2) is 42.6 Å². The Hall–Kier alpha value is -2.67. The van der Waals surface area contributed by atoms with E-state index in [0.717, 1.165) is 12.1 Å². The van der Waals surface area contributed by atoms with E-state index in [1.807, 2.05) is 30.3 Å². The highest BCUT2D eigenvalue weighted by atomic mass is 16.2. The van der Waals surface area contributed by atoms with Crippen molar-refractivity contribution in [2.45, 2.75) is 13.3 Å². The molecule has 0 aliphatic rings. The summed E-state index contributed by atoms with van der Waals surface area (Å²) < 4.78 is 0. The summed E-state index contributed by atoms with van der Waals surface area (Å²) in [5.74, 6) is -0.196. The second kappa shape index (κ2) is 5.98. The fraction of sp³-hybridized carbons (Fsp3) is 0.188. The third-order valence-corrected chi connectivity index (χ3v) is 3.15. The van der Waals surface area contributed by atoms with Crippen LogP contribution >= 0.6 is 0 Å². The maximum Gasteiger partial charge on any atom is 0.276 e. The molecule has 0 N–H and O–H groups in total. The Balaban J connectivity index is 2.20. The van der Waals surface area contributed by atoms with Crippen molar-refractivity contribution in [3.8, 4) is 6.07 Å². The topological polar surface area (TPSA) is 57.0 Å². The molecule has 0 unspecified atom stereocenters. The van der Waals surface area contributed by atoms with Crippen LogP contribution in [0.4, 0.5) is 5.69 Å². The van der Waals surface area contributed by atoms with Gasteiger partial charge in [-0.15, -0.1) is 0 Å². The van der Waals surface area contributed by atoms with E-state index in [1.54, 1.807) is 24.1 Å². The summed E-state index contributed by atoms with van der Waals surface area (Å²) in [7, 11) is 1.71. The molecule has 1 aromatic heterocycles. The summed E-state index contributed by atoms with van der Waals surface area (Å²) in [6.45, 7) is 2.09. The molecule has 1 aromatic carbocycles. The van der Waals surface area contributed by atoms with Crippen LogP contribution in [0.1, 0.15) is 28.5 Å². The smallest absolute Gasteiger partial charge is 0.276 e. The minimum atomic E-state index is -0.196. The van der Waals surface area contributed by atoms with Crippen molar-refractivity contribution in [2.24, 2.45) is 0 Å². The number of hydrogen-bond donors (Lipinski definition) is 0. The van der Waals surface area contributed by atoms with Gasteiger partial charge >= 0.3 is 0 Å². The molecule has 0 saturated heterocycles. The number of carbonyl (C=O) groups is 1. The summed E-state index contributed by atoms with van der Waals surface area (Å²) in [6, 6.07) is 13.0. The van der Waals surface area contributed by atoms with Gasteiger partial charge in [-0.05, 0) is 36.2 Å². The highest BCUT2D eigenvalue weighted by Gasteiger charge is 2.14. The predicted octanol–water partition coefficient (Wildman–Crippen LogP) is 2.79. The van der Waals surface area contributed by atoms with E-state index in [0.29, 0.717) is 11.3 Å². The van der Waals surface area contributed by atoms with Gasteiger partial charge < -0.3 is 4.90 Å². The lowest BCUT2D eigenvalue weighted by molar-refractivity contribution is 0.0988. The number of anilines is 1. The van der Waals surface area contributed by atoms with Crippen molar-refractivity contribution >= 4 is 11.6 Å². The summed E-state index contributed by atoms with van der Waals surface area (Å²) in [6.07, 6.45) is 2.37. The van der Waals surface area contributed by atoms with Crippen molar-refractivity contribution < 1.29 is 4.79 Å². The summed E-state index contributed by atoms with van der Waals surface area (Å²) in [5.41, 5.74) is 2.81. The van der Waals surface area contributed by atoms with Gasteiger partial charge in [-0.3, -0.25) is 4.79 Å². The third-order valence-electron chi connectivity index (χ3n) is 3.15. The third kappa shape index (κ3) is 2.83. The zero-order chi connectivity index (χ0) is 14.5. The molecule has 0 bridgehead atoms. The van der Waals surface area contributed by atoms with Gasteiger partial charge in [0.25, 0.3) is 5.91 Å². The summed E-state index contributed by atoms with van der Waals surface area (Å²) in [5, 5.41) is 8.72. The number of aryl methyl sites for hydroxylation is 1. The fourth-order valence-corrected chi connectivity index (χ4v) is 1.83. The molecule has 4 nitrogen and oxygen atoms in total. The fourth-order valence-electron chi connectivity index (χ4n) is 1.83. The average Bonchev–Trinajstić information content (AvgIpc) is 2.53. The lowest BCUT2D eigenvalue weighted by Crippen LogP contribution is -2.27. The van der Waals surface area contributed by atoms with E-state index < -0.39 is 0 Å². The first-order valence-corrected chi connectivity index (χ1v) is 6.39. The molecule has 2 aromatic rings. The molecular weight excluding hydrogens is 250 g/mol. The van der Waals surface area contributed by atoms with Crippen LogP contribution in [-0.2, 0) is 6.42 Å². The molecule has 0 radical (unpaired) electrons. The summed E-state index contributed by atoms with van der Waals surface area (Å²) >= 11 is 0. The van der Waals surface area contributed by atoms with Gasteiger partial charge in [-0.2, -0.15) is 5.26 Å². The van der Waals surface area contributed by atoms with E-state index in [1.165, 1.54) is 11.8 Å². The maximum absolute atomic E-state index is 12.3. The zero-order valence-electron chi connectivity index (χ0n) is 11.5. The molecule has 0 fully saturated rings. The minimum absolute atomic E-state index is 0.196. The van der Waals surface area contributed by atoms with Crippen LogP contribution in [0.2, 0.25) is 0 Å². The second-order valence-corrected chi connectivity index (χ2v) is 4.43. The highest BCUT2D eigenvalue weighted by Crippen LogP contribution is 2.16. The van der Waals surface area contributed by atoms with Gasteiger partial charge in [-0.25, -0.2) is 4.98 Å². The lowest BCUT2D eigenvalue weighted by atomic mass is 10.1. The summed E-state index contributed by atoms with van der Waals surface area (Å²) in [4.78, 5) is 17.8. The highest BCUT2D eigenvalue weighted by molar-refractivity contribution is 6.04. The van der Waals surface area contributed by atoms with Crippen LogP contribution in [-0.4, -0.2) is 17.9 Å². The molecule has 20 heavy (non-hydrogen) atoms. The molecule has 1 amide bonds. The molecule has 0 aliphatic heterocycles. The van der Waals surface area contributed by atoms with E-state index in [2.05, 4.69) is 11.9 Å². The number of aromatic nitrogens is 1. The monoisotopic (exact) mass is 265 g/mol. The number of rotatable bonds is 3. The van der Waals surface area contributed by atoms with E-state index in [4.69, 9.17) is 5.26 Å². The number of benzene rings is 1. The number of amides is 1. The SMILES string of the molecule is CCc1ccc(N(C)C(=O)c2ccc(C#N)cn2)cc1. The number of nitriles is 1. The molecule has 0 aliphatic carbocycles. The van der Waals surface area contributed by atoms with Crippen LogP contribution in [0.5, 0.6) is 0 Å². The van der Waals surface area contributed by atoms with Crippen molar-refractivity contribution in [1.82, 2.24) is 4.98 Å². The van der Waals surface area contributed by atoms with Crippen LogP contribution in [0, 0.1) is 11.3 Å². The zero-order valence-corrected chi connectivity index (χ0v) is 11.5. The first-order valence-electron chi connectivity index (χ1n) is 6.39. The quantitative estimate of drug-likeness (QED) is 0.857. The van der Waals surface area contributed by atoms with Crippen LogP contribution < -0.4 is 4.90 Å². The van der Waals surface area contributed by atoms with Crippen molar-refractivity contribution in [3.63, 3.8) is 0 Å². The number of pyridine rings is 1. The Kier molecular flexibility index (Phi) is 4.11. The Bertz CT molecular complexity index is 639.